The molecule has 0 fully saturated rings. The first-order valence-electron chi connectivity index (χ1n) is 21.2. The molecule has 43 heavy (non-hydrogen) atoms. The number of nitrogens with zero attached hydrogens (tertiary/aromatic N) is 1. The Morgan fingerprint density at radius 2 is 1.33 bits per heavy atom. The van der Waals surface area contributed by atoms with Crippen LogP contribution in [0.3, 0.4) is 0 Å². The lowest BCUT2D eigenvalue weighted by Gasteiger charge is -2.26. The maximum Gasteiger partial charge on any atom is 0.143 e. The van der Waals surface area contributed by atoms with Crippen LogP contribution in [-0.2, 0) is 0 Å². The Kier molecular flexibility index (Phi) is 2.96. The van der Waals surface area contributed by atoms with Gasteiger partial charge in [-0.15, -0.1) is 11.3 Å². The Morgan fingerprint density at radius 1 is 0.558 bits per heavy atom. The van der Waals surface area contributed by atoms with Crippen LogP contribution >= 0.6 is 11.3 Å². The van der Waals surface area contributed by atoms with E-state index in [0.717, 1.165) is 27.0 Å². The van der Waals surface area contributed by atoms with Crippen LogP contribution in [0.25, 0.3) is 64.0 Å². The van der Waals surface area contributed by atoms with Crippen LogP contribution < -0.4 is 4.90 Å². The molecular weight excluding hydrogens is 543 g/mol. The van der Waals surface area contributed by atoms with Gasteiger partial charge in [0.25, 0.3) is 0 Å². The normalized spacial score (nSPS) is 16.9. The second-order valence-electron chi connectivity index (χ2n) is 9.71. The van der Waals surface area contributed by atoms with E-state index in [-0.39, 0.29) is 25.9 Å². The van der Waals surface area contributed by atoms with Gasteiger partial charge in [0.2, 0.25) is 0 Å². The van der Waals surface area contributed by atoms with Crippen molar-refractivity contribution in [2.45, 2.75) is 0 Å². The second kappa shape index (κ2) is 9.59. The van der Waals surface area contributed by atoms with Crippen molar-refractivity contribution in [3.8, 4) is 11.1 Å². The lowest BCUT2D eigenvalue weighted by atomic mass is 10.0. The third-order valence-corrected chi connectivity index (χ3v) is 8.31. The third-order valence-electron chi connectivity index (χ3n) is 7.29. The van der Waals surface area contributed by atoms with E-state index in [4.69, 9.17) is 19.5 Å². The summed E-state index contributed by atoms with van der Waals surface area (Å²) in [6, 6.07) is 5.61. The quantitative estimate of drug-likeness (QED) is 0.205. The van der Waals surface area contributed by atoms with Gasteiger partial charge in [-0.1, -0.05) is 90.8 Å². The monoisotopic (exact) mass is 583 g/mol. The fraction of sp³-hybridized carbons (Fsp3) is 0. The number of anilines is 3. The lowest BCUT2D eigenvalue weighted by molar-refractivity contribution is 0.672. The fourth-order valence-electron chi connectivity index (χ4n) is 5.40. The molecule has 2 heterocycles. The zero-order valence-corrected chi connectivity index (χ0v) is 22.8. The topological polar surface area (TPSA) is 16.4 Å². The molecule has 0 bridgehead atoms. The molecule has 2 aromatic heterocycles. The molecule has 0 saturated carbocycles. The largest absolute Gasteiger partial charge is 0.455 e. The number of furan rings is 1. The molecule has 0 aliphatic rings. The van der Waals surface area contributed by atoms with Crippen LogP contribution in [0.4, 0.5) is 17.1 Å². The van der Waals surface area contributed by atoms with Gasteiger partial charge >= 0.3 is 0 Å². The molecule has 202 valence electrons. The SMILES string of the molecule is [2H]c1c([2H])c([2H])c(N(c2c([2H])c([2H])c(-c3c([2H])c([2H])c4sc5c([2H])c([2H])c([2H])c([2H])c5c4c3[2H])c([2H])c2[2H])c2cccc3oc4c5ccccc5ccc4c23)c([2H])c1[2H]. The van der Waals surface area contributed by atoms with Crippen LogP contribution in [0.1, 0.15) is 21.9 Å². The summed E-state index contributed by atoms with van der Waals surface area (Å²) < 4.78 is 148. The van der Waals surface area contributed by atoms with Gasteiger partial charge in [0.1, 0.15) is 11.2 Å². The first-order chi connectivity index (χ1) is 28.0. The maximum absolute atomic E-state index is 9.48. The summed E-state index contributed by atoms with van der Waals surface area (Å²) in [6.45, 7) is 0. The van der Waals surface area contributed by atoms with E-state index in [1.54, 1.807) is 24.3 Å². The van der Waals surface area contributed by atoms with E-state index < -0.39 is 119 Å². The average molecular weight is 584 g/mol. The number of thiophene rings is 1. The summed E-state index contributed by atoms with van der Waals surface area (Å²) in [7, 11) is 0. The van der Waals surface area contributed by atoms with Gasteiger partial charge in [0.05, 0.1) is 33.0 Å². The van der Waals surface area contributed by atoms with Crippen LogP contribution in [0.15, 0.2) is 156 Å². The fourth-order valence-corrected chi connectivity index (χ4v) is 6.32. The van der Waals surface area contributed by atoms with Crippen molar-refractivity contribution in [1.29, 1.82) is 0 Å². The predicted octanol–water partition coefficient (Wildman–Crippen LogP) is 12.2. The van der Waals surface area contributed by atoms with Crippen molar-refractivity contribution in [2.24, 2.45) is 0 Å². The van der Waals surface area contributed by atoms with E-state index in [0.29, 0.717) is 21.9 Å². The Balaban J connectivity index is 1.40. The van der Waals surface area contributed by atoms with Crippen LogP contribution in [0, 0.1) is 0 Å². The molecule has 9 aromatic rings. The zero-order valence-electron chi connectivity index (χ0n) is 38.0. The molecule has 0 amide bonds. The van der Waals surface area contributed by atoms with Gasteiger partial charge in [0, 0.05) is 42.3 Å². The van der Waals surface area contributed by atoms with Crippen LogP contribution in [-0.4, -0.2) is 0 Å². The first kappa shape index (κ1) is 13.3. The molecule has 9 rings (SSSR count). The van der Waals surface area contributed by atoms with E-state index in [1.165, 1.54) is 0 Å². The van der Waals surface area contributed by atoms with E-state index in [9.17, 15) is 6.85 Å². The Morgan fingerprint density at radius 3 is 2.23 bits per heavy atom. The molecular formula is C40H25NOS. The molecule has 3 heteroatoms. The minimum atomic E-state index is -0.782. The highest BCUT2D eigenvalue weighted by molar-refractivity contribution is 7.25. The summed E-state index contributed by atoms with van der Waals surface area (Å²) in [5, 5.41) is 2.36. The Bertz CT molecular complexity index is 3320. The standard InChI is InChI=1S/C40H25NOS/c1-2-10-29(11-3-1)41(35-14-8-15-36-39(35)33-23-19-27-9-4-5-12-31(27)40(33)42-36)30-21-17-26(18-22-30)28-20-24-38-34(25-28)32-13-6-7-16-37(32)43-38/h1-25H/i1D,2D,3D,6D,7D,10D,11D,13D,16D,17D,18D,20D,21D,22D,24D,25D. The molecule has 0 spiro atoms. The molecule has 0 atom stereocenters. The molecule has 7 aromatic carbocycles. The average Bonchev–Trinajstić information content (AvgIpc) is 3.83. The minimum absolute atomic E-state index is 0.0122. The number of hydrogen-bond donors (Lipinski definition) is 0. The summed E-state index contributed by atoms with van der Waals surface area (Å²) in [5.74, 6) is 0. The Hall–Kier alpha value is -5.38. The van der Waals surface area contributed by atoms with Crippen molar-refractivity contribution in [3.63, 3.8) is 0 Å². The van der Waals surface area contributed by atoms with Crippen molar-refractivity contribution in [1.82, 2.24) is 0 Å². The second-order valence-corrected chi connectivity index (χ2v) is 10.7. The first-order valence-corrected chi connectivity index (χ1v) is 14.0. The van der Waals surface area contributed by atoms with Crippen molar-refractivity contribution in [3.05, 3.63) is 151 Å². The lowest BCUT2D eigenvalue weighted by Crippen LogP contribution is -2.10. The van der Waals surface area contributed by atoms with Crippen LogP contribution in [0.2, 0.25) is 0 Å². The molecule has 2 nitrogen and oxygen atoms in total. The third kappa shape index (κ3) is 3.86. The van der Waals surface area contributed by atoms with Gasteiger partial charge in [-0.3, -0.25) is 0 Å². The van der Waals surface area contributed by atoms with Crippen molar-refractivity contribution in [2.75, 3.05) is 4.90 Å². The van der Waals surface area contributed by atoms with Crippen LogP contribution in [0.5, 0.6) is 0 Å². The number of fused-ring (bicyclic) bond motifs is 8. The highest BCUT2D eigenvalue weighted by atomic mass is 32.1. The van der Waals surface area contributed by atoms with Gasteiger partial charge in [-0.25, -0.2) is 0 Å². The number of para-hydroxylation sites is 1. The van der Waals surface area contributed by atoms with Gasteiger partial charge in [0.15, 0.2) is 0 Å². The van der Waals surface area contributed by atoms with Crippen molar-refractivity contribution >= 4 is 81.3 Å². The van der Waals surface area contributed by atoms with E-state index in [2.05, 4.69) is 0 Å². The maximum atomic E-state index is 9.48. The highest BCUT2D eigenvalue weighted by Crippen LogP contribution is 2.44. The number of benzene rings is 7. The van der Waals surface area contributed by atoms with Crippen molar-refractivity contribution < 1.29 is 26.3 Å². The highest BCUT2D eigenvalue weighted by Gasteiger charge is 2.20. The van der Waals surface area contributed by atoms with Gasteiger partial charge in [-0.05, 0) is 77.0 Å². The van der Waals surface area contributed by atoms with Gasteiger partial charge < -0.3 is 9.32 Å². The summed E-state index contributed by atoms with van der Waals surface area (Å²) in [5.41, 5.74) is -1.16. The summed E-state index contributed by atoms with van der Waals surface area (Å²) in [6.07, 6.45) is 0. The molecule has 0 aliphatic heterocycles. The van der Waals surface area contributed by atoms with E-state index in [1.807, 2.05) is 30.3 Å². The molecule has 0 unspecified atom stereocenters. The van der Waals surface area contributed by atoms with E-state index >= 15 is 0 Å². The molecule has 0 radical (unpaired) electrons. The zero-order chi connectivity index (χ0) is 42.3. The summed E-state index contributed by atoms with van der Waals surface area (Å²) >= 11 is 0.809. The number of rotatable bonds is 4. The number of hydrogen-bond acceptors (Lipinski definition) is 3. The predicted molar refractivity (Wildman–Crippen MR) is 184 cm³/mol. The Labute approximate surface area is 275 Å². The van der Waals surface area contributed by atoms with Gasteiger partial charge in [-0.2, -0.15) is 0 Å². The smallest absolute Gasteiger partial charge is 0.143 e. The molecule has 0 aliphatic carbocycles. The minimum Gasteiger partial charge on any atom is -0.455 e. The summed E-state index contributed by atoms with van der Waals surface area (Å²) in [4.78, 5) is 1.09. The molecule has 0 saturated heterocycles. The molecule has 0 N–H and O–H groups in total.